The van der Waals surface area contributed by atoms with Gasteiger partial charge >= 0.3 is 0 Å². The normalized spacial score (nSPS) is 23.9. The standard InChI is InChI=1S/C16H23ClN2S/c1-11-5-3-4-6-15(11)19-16(20)18-12(2)13-7-9-14(17)10-8-13/h7-12,15H,3-6H2,1-2H3,(H2,18,19,20)/t11-,12+,15-/m1/s1. The van der Waals surface area contributed by atoms with Crippen molar-refractivity contribution in [1.29, 1.82) is 0 Å². The molecule has 2 rings (SSSR count). The third-order valence-corrected chi connectivity index (χ3v) is 4.63. The van der Waals surface area contributed by atoms with E-state index in [-0.39, 0.29) is 6.04 Å². The Morgan fingerprint density at radius 3 is 2.55 bits per heavy atom. The molecule has 1 aliphatic carbocycles. The molecular weight excluding hydrogens is 288 g/mol. The smallest absolute Gasteiger partial charge is 0.166 e. The minimum absolute atomic E-state index is 0.186. The number of halogens is 1. The van der Waals surface area contributed by atoms with E-state index in [4.69, 9.17) is 23.8 Å². The van der Waals surface area contributed by atoms with E-state index >= 15 is 0 Å². The highest BCUT2D eigenvalue weighted by Crippen LogP contribution is 2.23. The van der Waals surface area contributed by atoms with Gasteiger partial charge in [0.05, 0.1) is 6.04 Å². The van der Waals surface area contributed by atoms with Crippen molar-refractivity contribution in [1.82, 2.24) is 10.6 Å². The van der Waals surface area contributed by atoms with Gasteiger partial charge < -0.3 is 10.6 Å². The van der Waals surface area contributed by atoms with Crippen molar-refractivity contribution >= 4 is 28.9 Å². The molecule has 1 aromatic rings. The van der Waals surface area contributed by atoms with Crippen molar-refractivity contribution < 1.29 is 0 Å². The summed E-state index contributed by atoms with van der Waals surface area (Å²) in [6, 6.07) is 8.59. The van der Waals surface area contributed by atoms with E-state index < -0.39 is 0 Å². The summed E-state index contributed by atoms with van der Waals surface area (Å²) in [7, 11) is 0. The topological polar surface area (TPSA) is 24.1 Å². The fraction of sp³-hybridized carbons (Fsp3) is 0.562. The molecule has 0 saturated heterocycles. The van der Waals surface area contributed by atoms with E-state index in [0.29, 0.717) is 12.0 Å². The van der Waals surface area contributed by atoms with Crippen LogP contribution >= 0.6 is 23.8 Å². The zero-order valence-electron chi connectivity index (χ0n) is 12.2. The highest BCUT2D eigenvalue weighted by atomic mass is 35.5. The molecule has 0 aromatic heterocycles. The lowest BCUT2D eigenvalue weighted by atomic mass is 9.86. The van der Waals surface area contributed by atoms with Gasteiger partial charge in [0.25, 0.3) is 0 Å². The third kappa shape index (κ3) is 4.35. The lowest BCUT2D eigenvalue weighted by molar-refractivity contribution is 0.307. The molecule has 3 atom stereocenters. The van der Waals surface area contributed by atoms with Crippen molar-refractivity contribution in [3.8, 4) is 0 Å². The molecular formula is C16H23ClN2S. The second-order valence-corrected chi connectivity index (χ2v) is 6.60. The third-order valence-electron chi connectivity index (χ3n) is 4.15. The van der Waals surface area contributed by atoms with Crippen molar-refractivity contribution in [3.63, 3.8) is 0 Å². The molecule has 0 bridgehead atoms. The predicted octanol–water partition coefficient (Wildman–Crippen LogP) is 4.44. The first-order valence-electron chi connectivity index (χ1n) is 7.39. The van der Waals surface area contributed by atoms with E-state index in [0.717, 1.165) is 10.1 Å². The van der Waals surface area contributed by atoms with Gasteiger partial charge in [-0.1, -0.05) is 43.5 Å². The summed E-state index contributed by atoms with van der Waals surface area (Å²) in [4.78, 5) is 0. The molecule has 1 aliphatic rings. The van der Waals surface area contributed by atoms with Crippen LogP contribution in [-0.2, 0) is 0 Å². The maximum absolute atomic E-state index is 5.91. The van der Waals surface area contributed by atoms with Crippen molar-refractivity contribution in [2.24, 2.45) is 5.92 Å². The zero-order chi connectivity index (χ0) is 14.5. The van der Waals surface area contributed by atoms with E-state index in [9.17, 15) is 0 Å². The van der Waals surface area contributed by atoms with Crippen molar-refractivity contribution in [3.05, 3.63) is 34.9 Å². The van der Waals surface area contributed by atoms with Gasteiger partial charge in [-0.2, -0.15) is 0 Å². The number of hydrogen-bond donors (Lipinski definition) is 2. The van der Waals surface area contributed by atoms with Gasteiger partial charge in [-0.15, -0.1) is 0 Å². The molecule has 0 heterocycles. The Bertz CT molecular complexity index is 446. The minimum Gasteiger partial charge on any atom is -0.360 e. The zero-order valence-corrected chi connectivity index (χ0v) is 13.7. The summed E-state index contributed by atoms with van der Waals surface area (Å²) < 4.78 is 0. The van der Waals surface area contributed by atoms with Gasteiger partial charge in [0, 0.05) is 11.1 Å². The van der Waals surface area contributed by atoms with Crippen LogP contribution < -0.4 is 10.6 Å². The van der Waals surface area contributed by atoms with Gasteiger partial charge in [0.15, 0.2) is 5.11 Å². The van der Waals surface area contributed by atoms with Crippen LogP contribution in [0.2, 0.25) is 5.02 Å². The fourth-order valence-corrected chi connectivity index (χ4v) is 3.23. The lowest BCUT2D eigenvalue weighted by Crippen LogP contribution is -2.46. The maximum Gasteiger partial charge on any atom is 0.166 e. The number of thiocarbonyl (C=S) groups is 1. The SMILES string of the molecule is C[C@H](NC(=S)N[C@@H]1CCCC[C@H]1C)c1ccc(Cl)cc1. The molecule has 2 nitrogen and oxygen atoms in total. The Labute approximate surface area is 132 Å². The molecule has 20 heavy (non-hydrogen) atoms. The highest BCUT2D eigenvalue weighted by molar-refractivity contribution is 7.80. The second kappa shape index (κ2) is 7.28. The monoisotopic (exact) mass is 310 g/mol. The van der Waals surface area contributed by atoms with Crippen LogP contribution in [0.3, 0.4) is 0 Å². The molecule has 2 N–H and O–H groups in total. The second-order valence-electron chi connectivity index (χ2n) is 5.76. The van der Waals surface area contributed by atoms with Crippen LogP contribution in [0.15, 0.2) is 24.3 Å². The van der Waals surface area contributed by atoms with Gasteiger partial charge in [-0.3, -0.25) is 0 Å². The Balaban J connectivity index is 1.85. The molecule has 0 spiro atoms. The molecule has 1 fully saturated rings. The molecule has 1 saturated carbocycles. The van der Waals surface area contributed by atoms with Crippen LogP contribution in [0.5, 0.6) is 0 Å². The van der Waals surface area contributed by atoms with E-state index in [1.807, 2.05) is 24.3 Å². The van der Waals surface area contributed by atoms with Crippen LogP contribution in [0.1, 0.15) is 51.1 Å². The maximum atomic E-state index is 5.91. The van der Waals surface area contributed by atoms with Crippen LogP contribution in [0.25, 0.3) is 0 Å². The molecule has 0 amide bonds. The van der Waals surface area contributed by atoms with Crippen molar-refractivity contribution in [2.75, 3.05) is 0 Å². The van der Waals surface area contributed by atoms with Crippen molar-refractivity contribution in [2.45, 2.75) is 51.6 Å². The highest BCUT2D eigenvalue weighted by Gasteiger charge is 2.22. The predicted molar refractivity (Wildman–Crippen MR) is 90.2 cm³/mol. The van der Waals surface area contributed by atoms with Gasteiger partial charge in [-0.25, -0.2) is 0 Å². The first-order valence-corrected chi connectivity index (χ1v) is 8.17. The van der Waals surface area contributed by atoms with Gasteiger partial charge in [0.2, 0.25) is 0 Å². The number of benzene rings is 1. The summed E-state index contributed by atoms with van der Waals surface area (Å²) in [6.45, 7) is 4.42. The Hall–Kier alpha value is -0.800. The largest absolute Gasteiger partial charge is 0.360 e. The quantitative estimate of drug-likeness (QED) is 0.807. The molecule has 110 valence electrons. The van der Waals surface area contributed by atoms with Gasteiger partial charge in [-0.05, 0) is 55.6 Å². The fourth-order valence-electron chi connectivity index (χ4n) is 2.77. The number of rotatable bonds is 3. The summed E-state index contributed by atoms with van der Waals surface area (Å²) >= 11 is 11.3. The molecule has 1 aromatic carbocycles. The summed E-state index contributed by atoms with van der Waals surface area (Å²) in [6.07, 6.45) is 5.17. The van der Waals surface area contributed by atoms with E-state index in [2.05, 4.69) is 24.5 Å². The first-order chi connectivity index (χ1) is 9.56. The van der Waals surface area contributed by atoms with Crippen LogP contribution in [-0.4, -0.2) is 11.2 Å². The number of nitrogens with one attached hydrogen (secondary N) is 2. The summed E-state index contributed by atoms with van der Waals surface area (Å²) in [5.74, 6) is 0.703. The number of hydrogen-bond acceptors (Lipinski definition) is 1. The Morgan fingerprint density at radius 2 is 1.90 bits per heavy atom. The Morgan fingerprint density at radius 1 is 1.25 bits per heavy atom. The minimum atomic E-state index is 0.186. The summed E-state index contributed by atoms with van der Waals surface area (Å²) in [5, 5.41) is 8.35. The molecule has 0 aliphatic heterocycles. The van der Waals surface area contributed by atoms with E-state index in [1.54, 1.807) is 0 Å². The lowest BCUT2D eigenvalue weighted by Gasteiger charge is -2.31. The molecule has 0 unspecified atom stereocenters. The first kappa shape index (κ1) is 15.6. The molecule has 4 heteroatoms. The van der Waals surface area contributed by atoms with E-state index in [1.165, 1.54) is 31.2 Å². The van der Waals surface area contributed by atoms with Gasteiger partial charge in [0.1, 0.15) is 0 Å². The average Bonchev–Trinajstić information content (AvgIpc) is 2.42. The average molecular weight is 311 g/mol. The van der Waals surface area contributed by atoms with Crippen LogP contribution in [0.4, 0.5) is 0 Å². The molecule has 0 radical (unpaired) electrons. The Kier molecular flexibility index (Phi) is 5.67. The van der Waals surface area contributed by atoms with Crippen LogP contribution in [0, 0.1) is 5.92 Å². The summed E-state index contributed by atoms with van der Waals surface area (Å²) in [5.41, 5.74) is 1.19.